The highest BCUT2D eigenvalue weighted by Gasteiger charge is 2.10. The normalized spacial score (nSPS) is 11.0. The van der Waals surface area contributed by atoms with Crippen LogP contribution in [0.25, 0.3) is 5.57 Å². The summed E-state index contributed by atoms with van der Waals surface area (Å²) in [4.78, 5) is 22.7. The Morgan fingerprint density at radius 3 is 2.13 bits per heavy atom. The summed E-state index contributed by atoms with van der Waals surface area (Å²) in [6.07, 6.45) is 0.443. The van der Waals surface area contributed by atoms with E-state index in [-0.39, 0.29) is 26.4 Å². The van der Waals surface area contributed by atoms with Gasteiger partial charge in [-0.2, -0.15) is 0 Å². The predicted molar refractivity (Wildman–Crippen MR) is 126 cm³/mol. The van der Waals surface area contributed by atoms with Gasteiger partial charge in [-0.15, -0.1) is 0 Å². The minimum Gasteiger partial charge on any atom is -0.490 e. The van der Waals surface area contributed by atoms with E-state index in [4.69, 9.17) is 14.2 Å². The number of ether oxygens (including phenoxy) is 3. The highest BCUT2D eigenvalue weighted by Crippen LogP contribution is 2.29. The van der Waals surface area contributed by atoms with Crippen molar-refractivity contribution >= 4 is 17.6 Å². The third kappa shape index (κ3) is 11.3. The molecular weight excluding hydrogens is 394 g/mol. The van der Waals surface area contributed by atoms with E-state index in [1.54, 1.807) is 6.92 Å². The van der Waals surface area contributed by atoms with Crippen LogP contribution in [-0.2, 0) is 14.3 Å². The Kier molecular flexibility index (Phi) is 14.6. The Balaban J connectivity index is 0.00000436. The van der Waals surface area contributed by atoms with Crippen LogP contribution in [0, 0.1) is 5.92 Å². The molecule has 1 rings (SSSR count). The maximum Gasteiger partial charge on any atom is 0.407 e. The first-order valence-electron chi connectivity index (χ1n) is 10.9. The van der Waals surface area contributed by atoms with Gasteiger partial charge in [-0.1, -0.05) is 58.9 Å². The molecule has 6 nitrogen and oxygen atoms in total. The average Bonchev–Trinajstić information content (AvgIpc) is 2.76. The van der Waals surface area contributed by atoms with Crippen molar-refractivity contribution in [2.75, 3.05) is 26.4 Å². The Morgan fingerprint density at radius 1 is 1.00 bits per heavy atom. The van der Waals surface area contributed by atoms with E-state index in [1.165, 1.54) is 16.7 Å². The monoisotopic (exact) mass is 433 g/mol. The van der Waals surface area contributed by atoms with E-state index in [1.807, 2.05) is 26.0 Å². The minimum absolute atomic E-state index is 0.0635. The van der Waals surface area contributed by atoms with Crippen LogP contribution in [0.2, 0.25) is 0 Å². The van der Waals surface area contributed by atoms with Crippen LogP contribution in [0.1, 0.15) is 60.5 Å². The zero-order valence-corrected chi connectivity index (χ0v) is 20.2. The summed E-state index contributed by atoms with van der Waals surface area (Å²) in [5.74, 6) is 0.695. The molecule has 1 aromatic rings. The van der Waals surface area contributed by atoms with Crippen LogP contribution < -0.4 is 10.1 Å². The number of rotatable bonds is 11. The first-order chi connectivity index (χ1) is 14.8. The van der Waals surface area contributed by atoms with Crippen molar-refractivity contribution in [3.8, 4) is 5.75 Å². The lowest BCUT2D eigenvalue weighted by Gasteiger charge is -2.16. The third-order valence-electron chi connectivity index (χ3n) is 4.27. The SMILES string of the molecule is C=C(C)C(=O)OCCNC(=O)OCCOc1ccc(/C(=C(/C)CC)C(C)C)cc1.CC. The van der Waals surface area contributed by atoms with Gasteiger partial charge in [0.1, 0.15) is 25.6 Å². The fourth-order valence-electron chi connectivity index (χ4n) is 2.76. The van der Waals surface area contributed by atoms with Crippen molar-refractivity contribution in [1.29, 1.82) is 0 Å². The lowest BCUT2D eigenvalue weighted by atomic mass is 9.90. The van der Waals surface area contributed by atoms with Gasteiger partial charge in [-0.25, -0.2) is 9.59 Å². The number of esters is 1. The number of hydrogen-bond acceptors (Lipinski definition) is 5. The molecule has 0 atom stereocenters. The zero-order chi connectivity index (χ0) is 23.8. The summed E-state index contributed by atoms with van der Waals surface area (Å²) in [5, 5.41) is 2.49. The topological polar surface area (TPSA) is 73.9 Å². The van der Waals surface area contributed by atoms with Gasteiger partial charge in [0.2, 0.25) is 0 Å². The fourth-order valence-corrected chi connectivity index (χ4v) is 2.76. The summed E-state index contributed by atoms with van der Waals surface area (Å²) < 4.78 is 15.5. The summed E-state index contributed by atoms with van der Waals surface area (Å²) in [7, 11) is 0. The van der Waals surface area contributed by atoms with Crippen LogP contribution in [0.5, 0.6) is 5.75 Å². The third-order valence-corrected chi connectivity index (χ3v) is 4.27. The number of hydrogen-bond donors (Lipinski definition) is 1. The molecule has 0 spiro atoms. The number of amides is 1. The molecule has 0 bridgehead atoms. The molecule has 1 N–H and O–H groups in total. The molecular formula is C25H39NO5. The molecule has 0 aliphatic heterocycles. The molecule has 0 aliphatic carbocycles. The van der Waals surface area contributed by atoms with Crippen LogP contribution in [0.15, 0.2) is 42.0 Å². The Bertz CT molecular complexity index is 720. The molecule has 174 valence electrons. The van der Waals surface area contributed by atoms with E-state index in [0.717, 1.165) is 12.2 Å². The molecule has 0 aromatic heterocycles. The maximum atomic E-state index is 11.6. The standard InChI is InChI=1S/C23H33NO5.C2H6/c1-7-18(6)21(16(2)3)19-8-10-20(11-9-19)27-14-15-29-23(26)24-12-13-28-22(25)17(4)5;1-2/h8-11,16H,4,7,12-15H2,1-3,5-6H3,(H,24,26);1-2H3/b21-18-;. The molecule has 31 heavy (non-hydrogen) atoms. The number of allylic oxidation sites excluding steroid dienone is 2. The van der Waals surface area contributed by atoms with E-state index >= 15 is 0 Å². The molecule has 0 aliphatic rings. The minimum atomic E-state index is -0.586. The lowest BCUT2D eigenvalue weighted by molar-refractivity contribution is -0.138. The molecule has 6 heteroatoms. The van der Waals surface area contributed by atoms with Gasteiger partial charge in [0.25, 0.3) is 0 Å². The number of carbonyl (C=O) groups is 2. The second-order valence-corrected chi connectivity index (χ2v) is 7.05. The number of alkyl carbamates (subject to hydrolysis) is 1. The van der Waals surface area contributed by atoms with E-state index in [0.29, 0.717) is 11.5 Å². The van der Waals surface area contributed by atoms with E-state index in [2.05, 4.69) is 51.7 Å². The highest BCUT2D eigenvalue weighted by molar-refractivity contribution is 5.86. The largest absolute Gasteiger partial charge is 0.490 e. The fraction of sp³-hybridized carbons (Fsp3) is 0.520. The smallest absolute Gasteiger partial charge is 0.407 e. The molecule has 0 heterocycles. The summed E-state index contributed by atoms with van der Waals surface area (Å²) in [5.41, 5.74) is 4.28. The average molecular weight is 434 g/mol. The van der Waals surface area contributed by atoms with Gasteiger partial charge < -0.3 is 19.5 Å². The molecule has 0 radical (unpaired) electrons. The Labute approximate surface area is 187 Å². The van der Waals surface area contributed by atoms with E-state index < -0.39 is 12.1 Å². The van der Waals surface area contributed by atoms with Crippen molar-refractivity contribution in [2.45, 2.75) is 54.9 Å². The van der Waals surface area contributed by atoms with Crippen molar-refractivity contribution in [1.82, 2.24) is 5.32 Å². The Morgan fingerprint density at radius 2 is 1.61 bits per heavy atom. The molecule has 0 unspecified atom stereocenters. The lowest BCUT2D eigenvalue weighted by Crippen LogP contribution is -2.29. The quantitative estimate of drug-likeness (QED) is 0.272. The van der Waals surface area contributed by atoms with Gasteiger partial charge >= 0.3 is 12.1 Å². The van der Waals surface area contributed by atoms with Gasteiger partial charge in [0.15, 0.2) is 0 Å². The summed E-state index contributed by atoms with van der Waals surface area (Å²) >= 11 is 0. The van der Waals surface area contributed by atoms with Gasteiger partial charge in [-0.05, 0) is 49.5 Å². The second kappa shape index (κ2) is 16.0. The number of carbonyl (C=O) groups excluding carboxylic acids is 2. The predicted octanol–water partition coefficient (Wildman–Crippen LogP) is 5.78. The molecule has 0 saturated carbocycles. The second-order valence-electron chi connectivity index (χ2n) is 7.05. The van der Waals surface area contributed by atoms with Crippen LogP contribution in [0.4, 0.5) is 4.79 Å². The molecule has 0 saturated heterocycles. The Hall–Kier alpha value is -2.76. The molecule has 1 aromatic carbocycles. The highest BCUT2D eigenvalue weighted by atomic mass is 16.6. The van der Waals surface area contributed by atoms with Gasteiger partial charge in [-0.3, -0.25) is 0 Å². The summed E-state index contributed by atoms with van der Waals surface area (Å²) in [6, 6.07) is 7.97. The van der Waals surface area contributed by atoms with Crippen molar-refractivity contribution in [3.63, 3.8) is 0 Å². The van der Waals surface area contributed by atoms with Crippen molar-refractivity contribution in [3.05, 3.63) is 47.6 Å². The zero-order valence-electron chi connectivity index (χ0n) is 20.2. The first-order valence-corrected chi connectivity index (χ1v) is 10.9. The van der Waals surface area contributed by atoms with Crippen molar-refractivity contribution in [2.24, 2.45) is 5.92 Å². The van der Waals surface area contributed by atoms with E-state index in [9.17, 15) is 9.59 Å². The first kappa shape index (κ1) is 28.2. The number of benzene rings is 1. The summed E-state index contributed by atoms with van der Waals surface area (Å²) in [6.45, 7) is 18.4. The van der Waals surface area contributed by atoms with Crippen LogP contribution >= 0.6 is 0 Å². The van der Waals surface area contributed by atoms with Crippen LogP contribution in [0.3, 0.4) is 0 Å². The number of nitrogens with one attached hydrogen (secondary N) is 1. The molecule has 0 fully saturated rings. The van der Waals surface area contributed by atoms with Gasteiger partial charge in [0.05, 0.1) is 6.54 Å². The van der Waals surface area contributed by atoms with Gasteiger partial charge in [0, 0.05) is 5.57 Å². The van der Waals surface area contributed by atoms with Crippen molar-refractivity contribution < 1.29 is 23.8 Å². The van der Waals surface area contributed by atoms with Crippen LogP contribution in [-0.4, -0.2) is 38.4 Å². The maximum absolute atomic E-state index is 11.6. The molecule has 1 amide bonds.